The van der Waals surface area contributed by atoms with Crippen LogP contribution in [0.2, 0.25) is 5.02 Å². The average molecular weight is 487 g/mol. The molecule has 1 saturated carbocycles. The Morgan fingerprint density at radius 3 is 2.70 bits per heavy atom. The summed E-state index contributed by atoms with van der Waals surface area (Å²) in [5.74, 6) is 0.865. The molecule has 2 aromatic carbocycles. The predicted molar refractivity (Wildman–Crippen MR) is 120 cm³/mol. The largest absolute Gasteiger partial charge is 0.485 e. The second kappa shape index (κ2) is 8.31. The van der Waals surface area contributed by atoms with Crippen LogP contribution in [0.4, 0.5) is 0 Å². The molecule has 4 nitrogen and oxygen atoms in total. The van der Waals surface area contributed by atoms with Gasteiger partial charge in [-0.05, 0) is 54.3 Å². The summed E-state index contributed by atoms with van der Waals surface area (Å²) in [6.45, 7) is 1.72. The molecule has 30 heavy (non-hydrogen) atoms. The van der Waals surface area contributed by atoms with Crippen molar-refractivity contribution in [3.8, 4) is 16.9 Å². The molecule has 0 bridgehead atoms. The van der Waals surface area contributed by atoms with Gasteiger partial charge in [-0.3, -0.25) is 4.98 Å². The Labute approximate surface area is 189 Å². The van der Waals surface area contributed by atoms with E-state index < -0.39 is 0 Å². The first-order valence-corrected chi connectivity index (χ1v) is 11.2. The highest BCUT2D eigenvalue weighted by Gasteiger charge is 2.47. The zero-order chi connectivity index (χ0) is 20.6. The van der Waals surface area contributed by atoms with Crippen molar-refractivity contribution in [2.75, 3.05) is 13.2 Å². The minimum Gasteiger partial charge on any atom is -0.485 e. The Bertz CT molecular complexity index is 1070. The zero-order valence-electron chi connectivity index (χ0n) is 16.3. The molecule has 0 radical (unpaired) electrons. The molecule has 1 aliphatic carbocycles. The van der Waals surface area contributed by atoms with E-state index in [0.29, 0.717) is 24.8 Å². The Morgan fingerprint density at radius 2 is 1.93 bits per heavy atom. The first-order valence-electron chi connectivity index (χ1n) is 10.0. The highest BCUT2D eigenvalue weighted by atomic mass is 79.9. The second-order valence-electron chi connectivity index (χ2n) is 7.71. The summed E-state index contributed by atoms with van der Waals surface area (Å²) < 4.78 is 18.9. The van der Waals surface area contributed by atoms with Crippen LogP contribution in [0.15, 0.2) is 65.4 Å². The Hall–Kier alpha value is -1.92. The lowest BCUT2D eigenvalue weighted by atomic mass is 9.96. The normalized spacial score (nSPS) is 17.4. The molecule has 1 aliphatic heterocycles. The molecule has 0 spiro atoms. The molecule has 2 heterocycles. The lowest BCUT2D eigenvalue weighted by Gasteiger charge is -2.28. The number of halogens is 2. The highest BCUT2D eigenvalue weighted by Crippen LogP contribution is 2.53. The summed E-state index contributed by atoms with van der Waals surface area (Å²) >= 11 is 9.88. The number of para-hydroxylation sites is 1. The molecule has 0 amide bonds. The maximum atomic E-state index is 6.46. The molecule has 0 N–H and O–H groups in total. The summed E-state index contributed by atoms with van der Waals surface area (Å²) in [5, 5.41) is 0.710. The molecule has 1 aromatic heterocycles. The lowest BCUT2D eigenvalue weighted by Crippen LogP contribution is -2.38. The third kappa shape index (κ3) is 4.00. The van der Waals surface area contributed by atoms with Crippen LogP contribution in [-0.2, 0) is 21.7 Å². The van der Waals surface area contributed by atoms with Gasteiger partial charge in [-0.2, -0.15) is 0 Å². The van der Waals surface area contributed by atoms with E-state index in [-0.39, 0.29) is 11.7 Å². The first-order chi connectivity index (χ1) is 14.6. The SMILES string of the molecule is Clc1ccc(Br)cc1COC1(c2cnccc2-c2ccccc2OC2COC2)CC1. The number of aromatic nitrogens is 1. The molecule has 2 aliphatic rings. The molecule has 3 aromatic rings. The maximum Gasteiger partial charge on any atom is 0.145 e. The molecule has 0 atom stereocenters. The number of hydrogen-bond donors (Lipinski definition) is 0. The van der Waals surface area contributed by atoms with Gasteiger partial charge in [0.05, 0.1) is 25.4 Å². The summed E-state index contributed by atoms with van der Waals surface area (Å²) in [6, 6.07) is 16.0. The van der Waals surface area contributed by atoms with Crippen LogP contribution >= 0.6 is 27.5 Å². The number of nitrogens with zero attached hydrogens (tertiary/aromatic N) is 1. The van der Waals surface area contributed by atoms with Crippen molar-refractivity contribution in [3.63, 3.8) is 0 Å². The minimum atomic E-state index is -0.345. The Balaban J connectivity index is 1.45. The van der Waals surface area contributed by atoms with Crippen LogP contribution in [0.3, 0.4) is 0 Å². The topological polar surface area (TPSA) is 40.6 Å². The van der Waals surface area contributed by atoms with Gasteiger partial charge in [0.15, 0.2) is 0 Å². The van der Waals surface area contributed by atoms with Crippen molar-refractivity contribution >= 4 is 27.5 Å². The molecule has 1 saturated heterocycles. The summed E-state index contributed by atoms with van der Waals surface area (Å²) in [6.07, 6.45) is 5.77. The van der Waals surface area contributed by atoms with Crippen molar-refractivity contribution in [1.82, 2.24) is 4.98 Å². The van der Waals surface area contributed by atoms with E-state index in [1.165, 1.54) is 0 Å². The lowest BCUT2D eigenvalue weighted by molar-refractivity contribution is -0.0794. The zero-order valence-corrected chi connectivity index (χ0v) is 18.7. The predicted octanol–water partition coefficient (Wildman–Crippen LogP) is 6.15. The van der Waals surface area contributed by atoms with Gasteiger partial charge in [0.25, 0.3) is 0 Å². The fourth-order valence-corrected chi connectivity index (χ4v) is 4.30. The van der Waals surface area contributed by atoms with E-state index in [4.69, 9.17) is 25.8 Å². The number of hydrogen-bond acceptors (Lipinski definition) is 4. The maximum absolute atomic E-state index is 6.46. The monoisotopic (exact) mass is 485 g/mol. The van der Waals surface area contributed by atoms with Gasteiger partial charge >= 0.3 is 0 Å². The number of benzene rings is 2. The number of pyridine rings is 1. The van der Waals surface area contributed by atoms with E-state index in [0.717, 1.165) is 45.3 Å². The van der Waals surface area contributed by atoms with Crippen LogP contribution in [0.5, 0.6) is 5.75 Å². The molecule has 0 unspecified atom stereocenters. The van der Waals surface area contributed by atoms with E-state index in [9.17, 15) is 0 Å². The van der Waals surface area contributed by atoms with Gasteiger partial charge in [-0.15, -0.1) is 0 Å². The van der Waals surface area contributed by atoms with E-state index in [2.05, 4.69) is 27.0 Å². The summed E-state index contributed by atoms with van der Waals surface area (Å²) in [4.78, 5) is 4.41. The van der Waals surface area contributed by atoms with Gasteiger partial charge < -0.3 is 14.2 Å². The molecule has 5 rings (SSSR count). The van der Waals surface area contributed by atoms with E-state index >= 15 is 0 Å². The van der Waals surface area contributed by atoms with Gasteiger partial charge in [0, 0.05) is 33.0 Å². The van der Waals surface area contributed by atoms with Gasteiger partial charge in [-0.1, -0.05) is 45.7 Å². The first kappa shape index (κ1) is 20.0. The van der Waals surface area contributed by atoms with Crippen LogP contribution < -0.4 is 4.74 Å². The van der Waals surface area contributed by atoms with Crippen molar-refractivity contribution in [1.29, 1.82) is 0 Å². The van der Waals surface area contributed by atoms with Gasteiger partial charge in [0.1, 0.15) is 11.9 Å². The van der Waals surface area contributed by atoms with Crippen molar-refractivity contribution in [3.05, 3.63) is 81.5 Å². The standard InChI is InChI=1S/C24H21BrClNO3/c25-17-5-6-22(26)16(11-17)13-29-24(8-9-24)21-12-27-10-7-19(21)20-3-1-2-4-23(20)30-18-14-28-15-18/h1-7,10-12,18H,8-9,13-15H2. The van der Waals surface area contributed by atoms with E-state index in [1.54, 1.807) is 0 Å². The van der Waals surface area contributed by atoms with Crippen molar-refractivity contribution in [2.24, 2.45) is 0 Å². The van der Waals surface area contributed by atoms with Crippen LogP contribution in [0, 0.1) is 0 Å². The number of rotatable bonds is 7. The average Bonchev–Trinajstić information content (AvgIpc) is 3.53. The number of ether oxygens (including phenoxy) is 3. The summed E-state index contributed by atoms with van der Waals surface area (Å²) in [5.41, 5.74) is 3.87. The molecular weight excluding hydrogens is 466 g/mol. The second-order valence-corrected chi connectivity index (χ2v) is 9.04. The minimum absolute atomic E-state index is 0.112. The summed E-state index contributed by atoms with van der Waals surface area (Å²) in [7, 11) is 0. The Kier molecular flexibility index (Phi) is 5.54. The molecule has 6 heteroatoms. The van der Waals surface area contributed by atoms with Crippen molar-refractivity contribution < 1.29 is 14.2 Å². The third-order valence-electron chi connectivity index (χ3n) is 5.61. The fourth-order valence-electron chi connectivity index (χ4n) is 3.72. The molecular formula is C24H21BrClNO3. The van der Waals surface area contributed by atoms with Gasteiger partial charge in [0.2, 0.25) is 0 Å². The highest BCUT2D eigenvalue weighted by molar-refractivity contribution is 9.10. The van der Waals surface area contributed by atoms with Crippen LogP contribution in [0.1, 0.15) is 24.0 Å². The van der Waals surface area contributed by atoms with E-state index in [1.807, 2.05) is 54.9 Å². The quantitative estimate of drug-likeness (QED) is 0.402. The molecule has 2 fully saturated rings. The van der Waals surface area contributed by atoms with Crippen LogP contribution in [-0.4, -0.2) is 24.3 Å². The smallest absolute Gasteiger partial charge is 0.145 e. The van der Waals surface area contributed by atoms with Crippen LogP contribution in [0.25, 0.3) is 11.1 Å². The molecule has 154 valence electrons. The van der Waals surface area contributed by atoms with Crippen molar-refractivity contribution in [2.45, 2.75) is 31.2 Å². The fraction of sp³-hybridized carbons (Fsp3) is 0.292. The third-order valence-corrected chi connectivity index (χ3v) is 6.47. The van der Waals surface area contributed by atoms with Gasteiger partial charge in [-0.25, -0.2) is 0 Å². The Morgan fingerprint density at radius 1 is 1.10 bits per heavy atom.